The molecule has 1 amide bonds. The molecule has 0 spiro atoms. The molecule has 1 N–H and O–H groups in total. The zero-order chi connectivity index (χ0) is 16.4. The molecule has 1 heterocycles. The minimum absolute atomic E-state index is 0.0200. The molecule has 2 aromatic rings. The highest BCUT2D eigenvalue weighted by molar-refractivity contribution is 8.00. The van der Waals surface area contributed by atoms with Gasteiger partial charge in [-0.1, -0.05) is 24.3 Å². The van der Waals surface area contributed by atoms with E-state index >= 15 is 0 Å². The summed E-state index contributed by atoms with van der Waals surface area (Å²) in [6.07, 6.45) is 0. The number of carboxylic acids is 1. The van der Waals surface area contributed by atoms with Crippen LogP contribution in [0, 0.1) is 5.82 Å². The van der Waals surface area contributed by atoms with E-state index in [4.69, 9.17) is 5.11 Å². The number of thioether (sulfide) groups is 1. The largest absolute Gasteiger partial charge is 0.478 e. The summed E-state index contributed by atoms with van der Waals surface area (Å²) in [5, 5.41) is 8.77. The predicted octanol–water partition coefficient (Wildman–Crippen LogP) is 3.30. The van der Waals surface area contributed by atoms with E-state index in [1.807, 2.05) is 0 Å². The van der Waals surface area contributed by atoms with Crippen molar-refractivity contribution in [3.8, 4) is 0 Å². The first-order chi connectivity index (χ1) is 11.0. The topological polar surface area (TPSA) is 57.6 Å². The number of rotatable bonds is 4. The number of amides is 1. The summed E-state index contributed by atoms with van der Waals surface area (Å²) < 4.78 is 13.1. The number of hydrogen-bond acceptors (Lipinski definition) is 3. The Morgan fingerprint density at radius 3 is 2.43 bits per heavy atom. The van der Waals surface area contributed by atoms with Crippen molar-refractivity contribution in [2.24, 2.45) is 0 Å². The maximum atomic E-state index is 13.1. The van der Waals surface area contributed by atoms with Gasteiger partial charge >= 0.3 is 5.97 Å². The molecule has 1 saturated heterocycles. The maximum absolute atomic E-state index is 13.1. The quantitative estimate of drug-likeness (QED) is 0.934. The van der Waals surface area contributed by atoms with Crippen LogP contribution in [0.4, 0.5) is 4.39 Å². The van der Waals surface area contributed by atoms with Crippen LogP contribution in [-0.4, -0.2) is 27.6 Å². The summed E-state index contributed by atoms with van der Waals surface area (Å²) in [6.45, 7) is 0.397. The van der Waals surface area contributed by atoms with Crippen molar-refractivity contribution in [3.63, 3.8) is 0 Å². The van der Waals surface area contributed by atoms with Gasteiger partial charge in [-0.25, -0.2) is 9.18 Å². The number of hydrogen-bond donors (Lipinski definition) is 1. The van der Waals surface area contributed by atoms with Crippen LogP contribution in [0.2, 0.25) is 0 Å². The molecule has 3 rings (SSSR count). The molecule has 0 bridgehead atoms. The van der Waals surface area contributed by atoms with E-state index in [1.165, 1.54) is 36.0 Å². The third-order valence-electron chi connectivity index (χ3n) is 3.68. The van der Waals surface area contributed by atoms with E-state index in [9.17, 15) is 14.0 Å². The van der Waals surface area contributed by atoms with Crippen LogP contribution in [0.5, 0.6) is 0 Å². The molecule has 118 valence electrons. The number of carboxylic acid groups (broad SMARTS) is 1. The van der Waals surface area contributed by atoms with Crippen LogP contribution >= 0.6 is 11.8 Å². The Kier molecular flexibility index (Phi) is 4.34. The van der Waals surface area contributed by atoms with E-state index in [0.29, 0.717) is 12.3 Å². The van der Waals surface area contributed by atoms with Gasteiger partial charge in [0.05, 0.1) is 11.3 Å². The molecular formula is C17H14FNO3S. The second-order valence-electron chi connectivity index (χ2n) is 5.24. The third kappa shape index (κ3) is 3.37. The average Bonchev–Trinajstić information content (AvgIpc) is 2.90. The van der Waals surface area contributed by atoms with Crippen LogP contribution in [0.3, 0.4) is 0 Å². The molecule has 1 atom stereocenters. The van der Waals surface area contributed by atoms with Crippen molar-refractivity contribution in [1.29, 1.82) is 0 Å². The molecule has 0 aliphatic carbocycles. The van der Waals surface area contributed by atoms with Gasteiger partial charge in [-0.2, -0.15) is 0 Å². The summed E-state index contributed by atoms with van der Waals surface area (Å²) in [5.74, 6) is -0.881. The molecule has 6 heteroatoms. The molecule has 1 fully saturated rings. The molecular weight excluding hydrogens is 317 g/mol. The van der Waals surface area contributed by atoms with Crippen LogP contribution < -0.4 is 0 Å². The lowest BCUT2D eigenvalue weighted by molar-refractivity contribution is -0.128. The van der Waals surface area contributed by atoms with Crippen LogP contribution in [-0.2, 0) is 11.3 Å². The first kappa shape index (κ1) is 15.6. The number of benzene rings is 2. The van der Waals surface area contributed by atoms with E-state index in [2.05, 4.69) is 0 Å². The monoisotopic (exact) mass is 331 g/mol. The van der Waals surface area contributed by atoms with Crippen molar-refractivity contribution >= 4 is 23.6 Å². The SMILES string of the molecule is O=C(O)c1ccc(CN2C(=O)CSC2c2ccc(F)cc2)cc1. The zero-order valence-corrected chi connectivity index (χ0v) is 12.9. The predicted molar refractivity (Wildman–Crippen MR) is 85.6 cm³/mol. The van der Waals surface area contributed by atoms with Gasteiger partial charge < -0.3 is 10.0 Å². The molecule has 1 aliphatic rings. The van der Waals surface area contributed by atoms with Crippen molar-refractivity contribution in [1.82, 2.24) is 4.90 Å². The Hall–Kier alpha value is -2.34. The van der Waals surface area contributed by atoms with E-state index in [-0.39, 0.29) is 22.7 Å². The molecule has 23 heavy (non-hydrogen) atoms. The van der Waals surface area contributed by atoms with Crippen LogP contribution in [0.15, 0.2) is 48.5 Å². The van der Waals surface area contributed by atoms with Gasteiger partial charge in [0.2, 0.25) is 5.91 Å². The number of carbonyl (C=O) groups excluding carboxylic acids is 1. The Morgan fingerprint density at radius 1 is 1.17 bits per heavy atom. The van der Waals surface area contributed by atoms with Crippen molar-refractivity contribution in [3.05, 3.63) is 71.0 Å². The van der Waals surface area contributed by atoms with Gasteiger partial charge in [0.1, 0.15) is 11.2 Å². The Bertz CT molecular complexity index is 731. The Labute approximate surface area is 136 Å². The fraction of sp³-hybridized carbons (Fsp3) is 0.176. The lowest BCUT2D eigenvalue weighted by Crippen LogP contribution is -2.27. The fourth-order valence-corrected chi connectivity index (χ4v) is 3.67. The Balaban J connectivity index is 1.80. The fourth-order valence-electron chi connectivity index (χ4n) is 2.48. The summed E-state index contributed by atoms with van der Waals surface area (Å²) in [4.78, 5) is 24.7. The molecule has 2 aromatic carbocycles. The van der Waals surface area contributed by atoms with Crippen LogP contribution in [0.25, 0.3) is 0 Å². The number of halogens is 1. The minimum atomic E-state index is -0.978. The van der Waals surface area contributed by atoms with Crippen molar-refractivity contribution in [2.75, 3.05) is 5.75 Å². The number of aromatic carboxylic acids is 1. The molecule has 0 aromatic heterocycles. The number of carbonyl (C=O) groups is 2. The molecule has 0 radical (unpaired) electrons. The second kappa shape index (κ2) is 6.42. The zero-order valence-electron chi connectivity index (χ0n) is 12.1. The first-order valence-electron chi connectivity index (χ1n) is 7.03. The third-order valence-corrected chi connectivity index (χ3v) is 4.93. The maximum Gasteiger partial charge on any atom is 0.335 e. The highest BCUT2D eigenvalue weighted by Gasteiger charge is 2.32. The average molecular weight is 331 g/mol. The van der Waals surface area contributed by atoms with Crippen molar-refractivity contribution in [2.45, 2.75) is 11.9 Å². The minimum Gasteiger partial charge on any atom is -0.478 e. The van der Waals surface area contributed by atoms with Gasteiger partial charge in [0, 0.05) is 6.54 Å². The van der Waals surface area contributed by atoms with Gasteiger partial charge in [0.25, 0.3) is 0 Å². The summed E-state index contributed by atoms with van der Waals surface area (Å²) in [7, 11) is 0. The second-order valence-corrected chi connectivity index (χ2v) is 6.31. The highest BCUT2D eigenvalue weighted by atomic mass is 32.2. The first-order valence-corrected chi connectivity index (χ1v) is 8.08. The summed E-state index contributed by atoms with van der Waals surface area (Å²) in [6, 6.07) is 12.6. The Morgan fingerprint density at radius 2 is 1.83 bits per heavy atom. The molecule has 1 unspecified atom stereocenters. The van der Waals surface area contributed by atoms with Gasteiger partial charge in [0.15, 0.2) is 0 Å². The normalized spacial score (nSPS) is 17.5. The summed E-state index contributed by atoms with van der Waals surface area (Å²) in [5.41, 5.74) is 1.95. The van der Waals surface area contributed by atoms with E-state index in [1.54, 1.807) is 29.2 Å². The van der Waals surface area contributed by atoms with E-state index < -0.39 is 5.97 Å². The smallest absolute Gasteiger partial charge is 0.335 e. The standard InChI is InChI=1S/C17H14FNO3S/c18-14-7-5-12(6-8-14)16-19(15(20)10-23-16)9-11-1-3-13(4-2-11)17(21)22/h1-8,16H,9-10H2,(H,21,22). The van der Waals surface area contributed by atoms with Crippen LogP contribution in [0.1, 0.15) is 26.9 Å². The molecule has 1 aliphatic heterocycles. The molecule has 4 nitrogen and oxygen atoms in total. The van der Waals surface area contributed by atoms with Gasteiger partial charge in [-0.3, -0.25) is 4.79 Å². The van der Waals surface area contributed by atoms with Gasteiger partial charge in [-0.05, 0) is 35.4 Å². The van der Waals surface area contributed by atoms with E-state index in [0.717, 1.165) is 11.1 Å². The summed E-state index contributed by atoms with van der Waals surface area (Å²) >= 11 is 1.50. The lowest BCUT2D eigenvalue weighted by Gasteiger charge is -2.24. The van der Waals surface area contributed by atoms with Crippen molar-refractivity contribution < 1.29 is 19.1 Å². The highest BCUT2D eigenvalue weighted by Crippen LogP contribution is 2.39. The lowest BCUT2D eigenvalue weighted by atomic mass is 10.1. The number of nitrogens with zero attached hydrogens (tertiary/aromatic N) is 1. The molecule has 0 saturated carbocycles. The van der Waals surface area contributed by atoms with Gasteiger partial charge in [-0.15, -0.1) is 11.8 Å².